The van der Waals surface area contributed by atoms with Gasteiger partial charge >= 0.3 is 0 Å². The van der Waals surface area contributed by atoms with Gasteiger partial charge in [-0.3, -0.25) is 9.48 Å². The molecular formula is C19H26N4O. The van der Waals surface area contributed by atoms with Gasteiger partial charge in [-0.05, 0) is 46.2 Å². The highest BCUT2D eigenvalue weighted by Crippen LogP contribution is 2.26. The van der Waals surface area contributed by atoms with Gasteiger partial charge in [0.2, 0.25) is 5.91 Å². The van der Waals surface area contributed by atoms with Crippen LogP contribution >= 0.6 is 0 Å². The van der Waals surface area contributed by atoms with Crippen molar-refractivity contribution in [2.24, 2.45) is 0 Å². The molecule has 128 valence electrons. The van der Waals surface area contributed by atoms with Crippen LogP contribution in [0, 0.1) is 20.8 Å². The number of anilines is 1. The average molecular weight is 326 g/mol. The van der Waals surface area contributed by atoms with Crippen molar-refractivity contribution in [3.8, 4) is 0 Å². The molecule has 0 bridgehead atoms. The van der Waals surface area contributed by atoms with Gasteiger partial charge in [-0.2, -0.15) is 5.10 Å². The molecule has 2 N–H and O–H groups in total. The number of carbonyl (C=O) groups is 1. The molecule has 0 radical (unpaired) electrons. The summed E-state index contributed by atoms with van der Waals surface area (Å²) in [5, 5.41) is 11.0. The first-order valence-corrected chi connectivity index (χ1v) is 8.55. The molecule has 24 heavy (non-hydrogen) atoms. The lowest BCUT2D eigenvalue weighted by molar-refractivity contribution is -0.121. The summed E-state index contributed by atoms with van der Waals surface area (Å²) in [7, 11) is 0. The topological polar surface area (TPSA) is 59.0 Å². The summed E-state index contributed by atoms with van der Waals surface area (Å²) in [6, 6.07) is 6.40. The maximum absolute atomic E-state index is 12.5. The maximum atomic E-state index is 12.5. The van der Waals surface area contributed by atoms with E-state index >= 15 is 0 Å². The van der Waals surface area contributed by atoms with Gasteiger partial charge in [-0.1, -0.05) is 17.7 Å². The van der Waals surface area contributed by atoms with Gasteiger partial charge in [-0.15, -0.1) is 0 Å². The third-order valence-corrected chi connectivity index (χ3v) is 4.73. The Labute approximate surface area is 143 Å². The molecule has 0 saturated carbocycles. The van der Waals surface area contributed by atoms with Crippen molar-refractivity contribution in [3.63, 3.8) is 0 Å². The standard InChI is InChI=1S/C19H26N4O/c1-11(2)23-14(5)16(13(4)22-23)10-20-19(24)18-9-15-8-12(3)6-7-17(15)21-18/h6-8,11,18,21H,9-10H2,1-5H3,(H,20,24)/t18-/m0/s1. The van der Waals surface area contributed by atoms with Gasteiger partial charge in [0.25, 0.3) is 0 Å². The molecule has 5 nitrogen and oxygen atoms in total. The Morgan fingerprint density at radius 1 is 1.38 bits per heavy atom. The smallest absolute Gasteiger partial charge is 0.243 e. The molecule has 3 rings (SSSR count). The minimum Gasteiger partial charge on any atom is -0.373 e. The van der Waals surface area contributed by atoms with Crippen molar-refractivity contribution in [2.45, 2.75) is 59.7 Å². The van der Waals surface area contributed by atoms with E-state index in [4.69, 9.17) is 0 Å². The van der Waals surface area contributed by atoms with Crippen LogP contribution in [0.4, 0.5) is 5.69 Å². The van der Waals surface area contributed by atoms with E-state index in [-0.39, 0.29) is 11.9 Å². The number of hydrogen-bond acceptors (Lipinski definition) is 3. The van der Waals surface area contributed by atoms with Crippen LogP contribution in [0.5, 0.6) is 0 Å². The summed E-state index contributed by atoms with van der Waals surface area (Å²) in [6.45, 7) is 10.9. The van der Waals surface area contributed by atoms with Crippen LogP contribution in [0.3, 0.4) is 0 Å². The van der Waals surface area contributed by atoms with Crippen molar-refractivity contribution in [2.75, 3.05) is 5.32 Å². The van der Waals surface area contributed by atoms with Gasteiger partial charge < -0.3 is 10.6 Å². The number of benzene rings is 1. The Bertz CT molecular complexity index is 776. The molecule has 1 aromatic carbocycles. The molecule has 1 amide bonds. The van der Waals surface area contributed by atoms with Gasteiger partial charge in [0.05, 0.1) is 5.69 Å². The lowest BCUT2D eigenvalue weighted by atomic mass is 10.1. The molecule has 1 aliphatic heterocycles. The molecule has 0 aliphatic carbocycles. The summed E-state index contributed by atoms with van der Waals surface area (Å²) in [5.74, 6) is 0.0416. The van der Waals surface area contributed by atoms with E-state index in [2.05, 4.69) is 61.6 Å². The predicted molar refractivity (Wildman–Crippen MR) is 96.2 cm³/mol. The minimum atomic E-state index is -0.192. The Kier molecular flexibility index (Phi) is 4.35. The number of nitrogens with one attached hydrogen (secondary N) is 2. The van der Waals surface area contributed by atoms with Crippen LogP contribution in [0.25, 0.3) is 0 Å². The van der Waals surface area contributed by atoms with Crippen molar-refractivity contribution >= 4 is 11.6 Å². The summed E-state index contributed by atoms with van der Waals surface area (Å²) in [4.78, 5) is 12.5. The van der Waals surface area contributed by atoms with E-state index in [0.717, 1.165) is 29.1 Å². The number of rotatable bonds is 4. The second-order valence-electron chi connectivity index (χ2n) is 6.97. The molecule has 1 atom stereocenters. The summed E-state index contributed by atoms with van der Waals surface area (Å²) < 4.78 is 2.02. The van der Waals surface area contributed by atoms with Crippen LogP contribution < -0.4 is 10.6 Å². The van der Waals surface area contributed by atoms with E-state index in [9.17, 15) is 4.79 Å². The Hall–Kier alpha value is -2.30. The van der Waals surface area contributed by atoms with Gasteiger partial charge in [0.1, 0.15) is 6.04 Å². The van der Waals surface area contributed by atoms with Crippen LogP contribution in [-0.4, -0.2) is 21.7 Å². The predicted octanol–water partition coefficient (Wildman–Crippen LogP) is 3.04. The molecule has 2 aromatic rings. The highest BCUT2D eigenvalue weighted by molar-refractivity contribution is 5.87. The van der Waals surface area contributed by atoms with Crippen molar-refractivity contribution in [1.82, 2.24) is 15.1 Å². The molecule has 0 spiro atoms. The summed E-state index contributed by atoms with van der Waals surface area (Å²) in [5.41, 5.74) is 6.74. The molecule has 2 heterocycles. The third kappa shape index (κ3) is 3.03. The fraction of sp³-hybridized carbons (Fsp3) is 0.474. The number of aryl methyl sites for hydroxylation is 2. The van der Waals surface area contributed by atoms with Crippen LogP contribution in [0.15, 0.2) is 18.2 Å². The van der Waals surface area contributed by atoms with Gasteiger partial charge in [0.15, 0.2) is 0 Å². The molecule has 0 saturated heterocycles. The number of amides is 1. The molecule has 5 heteroatoms. The number of aromatic nitrogens is 2. The first-order valence-electron chi connectivity index (χ1n) is 8.55. The fourth-order valence-electron chi connectivity index (χ4n) is 3.40. The fourth-order valence-corrected chi connectivity index (χ4v) is 3.40. The summed E-state index contributed by atoms with van der Waals surface area (Å²) >= 11 is 0. The van der Waals surface area contributed by atoms with E-state index in [1.165, 1.54) is 11.1 Å². The second kappa shape index (κ2) is 6.30. The molecule has 1 aromatic heterocycles. The number of hydrogen-bond donors (Lipinski definition) is 2. The van der Waals surface area contributed by atoms with Crippen LogP contribution in [0.1, 0.15) is 48.0 Å². The monoisotopic (exact) mass is 326 g/mol. The molecule has 0 fully saturated rings. The van der Waals surface area contributed by atoms with Crippen molar-refractivity contribution in [1.29, 1.82) is 0 Å². The summed E-state index contributed by atoms with van der Waals surface area (Å²) in [6.07, 6.45) is 0.742. The van der Waals surface area contributed by atoms with Gasteiger partial charge in [0, 0.05) is 36.0 Å². The van der Waals surface area contributed by atoms with E-state index < -0.39 is 0 Å². The van der Waals surface area contributed by atoms with Crippen molar-refractivity contribution < 1.29 is 4.79 Å². The van der Waals surface area contributed by atoms with E-state index in [1.54, 1.807) is 0 Å². The van der Waals surface area contributed by atoms with Crippen molar-refractivity contribution in [3.05, 3.63) is 46.3 Å². The van der Waals surface area contributed by atoms with E-state index in [1.807, 2.05) is 11.6 Å². The molecule has 1 aliphatic rings. The number of carbonyl (C=O) groups excluding carboxylic acids is 1. The number of nitrogens with zero attached hydrogens (tertiary/aromatic N) is 2. The Balaban J connectivity index is 1.65. The normalized spacial score (nSPS) is 16.2. The first kappa shape index (κ1) is 16.6. The maximum Gasteiger partial charge on any atom is 0.243 e. The zero-order valence-electron chi connectivity index (χ0n) is 15.1. The average Bonchev–Trinajstić information content (AvgIpc) is 3.06. The van der Waals surface area contributed by atoms with Crippen LogP contribution in [0.2, 0.25) is 0 Å². The lowest BCUT2D eigenvalue weighted by Gasteiger charge is -2.13. The third-order valence-electron chi connectivity index (χ3n) is 4.73. The Morgan fingerprint density at radius 2 is 2.12 bits per heavy atom. The number of fused-ring (bicyclic) bond motifs is 1. The highest BCUT2D eigenvalue weighted by atomic mass is 16.2. The Morgan fingerprint density at radius 3 is 2.79 bits per heavy atom. The lowest BCUT2D eigenvalue weighted by Crippen LogP contribution is -2.38. The first-order chi connectivity index (χ1) is 11.4. The zero-order valence-corrected chi connectivity index (χ0v) is 15.1. The molecular weight excluding hydrogens is 300 g/mol. The largest absolute Gasteiger partial charge is 0.373 e. The van der Waals surface area contributed by atoms with Gasteiger partial charge in [-0.25, -0.2) is 0 Å². The minimum absolute atomic E-state index is 0.0416. The quantitative estimate of drug-likeness (QED) is 0.908. The van der Waals surface area contributed by atoms with E-state index in [0.29, 0.717) is 12.6 Å². The zero-order chi connectivity index (χ0) is 17.4. The molecule has 0 unspecified atom stereocenters. The second-order valence-corrected chi connectivity index (χ2v) is 6.97. The van der Waals surface area contributed by atoms with Crippen LogP contribution in [-0.2, 0) is 17.8 Å². The SMILES string of the molecule is Cc1ccc2c(c1)C[C@@H](C(=O)NCc1c(C)nn(C(C)C)c1C)N2. The highest BCUT2D eigenvalue weighted by Gasteiger charge is 2.26.